The molecule has 4 fully saturated rings. The maximum Gasteiger partial charge on any atom is 0.211 e. The third-order valence-electron chi connectivity index (χ3n) is 5.92. The zero-order valence-electron chi connectivity index (χ0n) is 13.7. The molecule has 6 heteroatoms. The van der Waals surface area contributed by atoms with Crippen LogP contribution in [0, 0.1) is 5.92 Å². The topological polar surface area (TPSA) is 49.9 Å². The van der Waals surface area contributed by atoms with Crippen LogP contribution < -0.4 is 4.74 Å². The van der Waals surface area contributed by atoms with E-state index in [1.165, 1.54) is 11.8 Å². The lowest BCUT2D eigenvalue weighted by atomic mass is 9.75. The molecule has 0 radical (unpaired) electrons. The van der Waals surface area contributed by atoms with Crippen LogP contribution in [0.4, 0.5) is 0 Å². The summed E-state index contributed by atoms with van der Waals surface area (Å²) in [5.74, 6) is 1.61. The first kappa shape index (κ1) is 15.4. The summed E-state index contributed by atoms with van der Waals surface area (Å²) < 4.78 is 31.7. The quantitative estimate of drug-likeness (QED) is 0.840. The summed E-state index contributed by atoms with van der Waals surface area (Å²) in [6, 6.07) is 8.62. The molecule has 0 unspecified atom stereocenters. The summed E-state index contributed by atoms with van der Waals surface area (Å²) in [5, 5.41) is 0. The van der Waals surface area contributed by atoms with Crippen molar-refractivity contribution in [1.29, 1.82) is 0 Å². The summed E-state index contributed by atoms with van der Waals surface area (Å²) >= 11 is 0. The molecule has 3 atom stereocenters. The molecular formula is C17H24N2O3S. The van der Waals surface area contributed by atoms with Gasteiger partial charge in [0.15, 0.2) is 0 Å². The summed E-state index contributed by atoms with van der Waals surface area (Å²) in [7, 11) is -1.50. The average Bonchev–Trinajstić information content (AvgIpc) is 2.99. The minimum atomic E-state index is -3.17. The van der Waals surface area contributed by atoms with Gasteiger partial charge in [-0.3, -0.25) is 4.90 Å². The Bertz CT molecular complexity index is 680. The van der Waals surface area contributed by atoms with E-state index < -0.39 is 10.0 Å². The standard InChI is InChI=1S/C17H24N2O3S/c1-22-14-5-3-12(4-6-14)15-11-19(23(2,20)21)16-13-7-9-18(10-8-13)17(15)16/h3-6,13,15-17H,7-11H2,1-2H3/t15-,16+,17+/m1/s1. The molecule has 5 nitrogen and oxygen atoms in total. The highest BCUT2D eigenvalue weighted by Gasteiger charge is 2.55. The number of rotatable bonds is 3. The van der Waals surface area contributed by atoms with Crippen molar-refractivity contribution in [3.8, 4) is 5.75 Å². The van der Waals surface area contributed by atoms with Gasteiger partial charge in [0.2, 0.25) is 10.0 Å². The van der Waals surface area contributed by atoms with Crippen LogP contribution in [0.3, 0.4) is 0 Å². The van der Waals surface area contributed by atoms with Crippen molar-refractivity contribution in [3.63, 3.8) is 0 Å². The fourth-order valence-electron chi connectivity index (χ4n) is 4.89. The lowest BCUT2D eigenvalue weighted by Gasteiger charge is -2.50. The van der Waals surface area contributed by atoms with Crippen molar-refractivity contribution in [3.05, 3.63) is 29.8 Å². The molecule has 23 heavy (non-hydrogen) atoms. The molecule has 4 aliphatic heterocycles. The van der Waals surface area contributed by atoms with Crippen LogP contribution in [0.15, 0.2) is 24.3 Å². The van der Waals surface area contributed by atoms with Gasteiger partial charge in [0, 0.05) is 24.5 Å². The number of nitrogens with zero attached hydrogens (tertiary/aromatic N) is 2. The minimum Gasteiger partial charge on any atom is -0.497 e. The lowest BCUT2D eigenvalue weighted by molar-refractivity contribution is 0.0124. The van der Waals surface area contributed by atoms with Gasteiger partial charge in [0.25, 0.3) is 0 Å². The number of hydrogen-bond donors (Lipinski definition) is 0. The number of piperidine rings is 3. The van der Waals surface area contributed by atoms with E-state index in [1.54, 1.807) is 11.4 Å². The van der Waals surface area contributed by atoms with E-state index in [4.69, 9.17) is 4.74 Å². The van der Waals surface area contributed by atoms with Crippen molar-refractivity contribution in [2.75, 3.05) is 33.0 Å². The van der Waals surface area contributed by atoms with Gasteiger partial charge in [-0.2, -0.15) is 4.31 Å². The molecule has 5 rings (SSSR count). The first-order valence-electron chi connectivity index (χ1n) is 8.34. The molecule has 0 spiro atoms. The van der Waals surface area contributed by atoms with E-state index in [9.17, 15) is 8.42 Å². The number of benzene rings is 1. The maximum absolute atomic E-state index is 12.3. The minimum absolute atomic E-state index is 0.152. The highest BCUT2D eigenvalue weighted by atomic mass is 32.2. The smallest absolute Gasteiger partial charge is 0.211 e. The van der Waals surface area contributed by atoms with E-state index in [2.05, 4.69) is 17.0 Å². The second-order valence-electron chi connectivity index (χ2n) is 7.07. The molecule has 4 heterocycles. The van der Waals surface area contributed by atoms with Gasteiger partial charge < -0.3 is 4.74 Å². The fourth-order valence-corrected chi connectivity index (χ4v) is 6.06. The summed E-state index contributed by atoms with van der Waals surface area (Å²) in [6.07, 6.45) is 3.61. The predicted molar refractivity (Wildman–Crippen MR) is 89.2 cm³/mol. The highest BCUT2D eigenvalue weighted by molar-refractivity contribution is 7.88. The largest absolute Gasteiger partial charge is 0.497 e. The molecule has 0 N–H and O–H groups in total. The van der Waals surface area contributed by atoms with E-state index in [0.717, 1.165) is 31.7 Å². The van der Waals surface area contributed by atoms with Gasteiger partial charge in [0.05, 0.1) is 13.4 Å². The molecule has 1 aromatic carbocycles. The molecule has 4 saturated heterocycles. The van der Waals surface area contributed by atoms with Gasteiger partial charge in [0.1, 0.15) is 5.75 Å². The fraction of sp³-hybridized carbons (Fsp3) is 0.647. The first-order valence-corrected chi connectivity index (χ1v) is 10.2. The lowest BCUT2D eigenvalue weighted by Crippen LogP contribution is -2.60. The second-order valence-corrected chi connectivity index (χ2v) is 9.00. The van der Waals surface area contributed by atoms with Gasteiger partial charge in [-0.1, -0.05) is 12.1 Å². The third kappa shape index (κ3) is 2.47. The number of ether oxygens (including phenoxy) is 1. The van der Waals surface area contributed by atoms with Crippen LogP contribution in [-0.2, 0) is 10.0 Å². The highest BCUT2D eigenvalue weighted by Crippen LogP contribution is 2.47. The zero-order chi connectivity index (χ0) is 16.2. The van der Waals surface area contributed by atoms with Gasteiger partial charge in [-0.05, 0) is 49.5 Å². The van der Waals surface area contributed by atoms with Crippen molar-refractivity contribution in [2.24, 2.45) is 5.92 Å². The Labute approximate surface area is 138 Å². The van der Waals surface area contributed by atoms with Crippen LogP contribution in [0.2, 0.25) is 0 Å². The SMILES string of the molecule is COc1ccc([C@H]2CN(S(C)(=O)=O)[C@H]3C4CCN(CC4)[C@@H]23)cc1. The second kappa shape index (κ2) is 5.46. The summed E-state index contributed by atoms with van der Waals surface area (Å²) in [5.41, 5.74) is 1.22. The third-order valence-corrected chi connectivity index (χ3v) is 7.16. The summed E-state index contributed by atoms with van der Waals surface area (Å²) in [4.78, 5) is 2.52. The maximum atomic E-state index is 12.3. The van der Waals surface area contributed by atoms with Crippen LogP contribution in [0.1, 0.15) is 24.3 Å². The monoisotopic (exact) mass is 336 g/mol. The average molecular weight is 336 g/mol. The molecule has 0 amide bonds. The molecule has 0 aliphatic carbocycles. The van der Waals surface area contributed by atoms with Crippen molar-refractivity contribution in [1.82, 2.24) is 9.21 Å². The van der Waals surface area contributed by atoms with E-state index in [-0.39, 0.29) is 12.0 Å². The van der Waals surface area contributed by atoms with Crippen LogP contribution >= 0.6 is 0 Å². The molecule has 0 aromatic heterocycles. The first-order chi connectivity index (χ1) is 11.0. The van der Waals surface area contributed by atoms with Crippen LogP contribution in [-0.4, -0.2) is 62.7 Å². The van der Waals surface area contributed by atoms with Crippen LogP contribution in [0.5, 0.6) is 5.75 Å². The zero-order valence-corrected chi connectivity index (χ0v) is 14.5. The number of methoxy groups -OCH3 is 1. The van der Waals surface area contributed by atoms with Gasteiger partial charge >= 0.3 is 0 Å². The Balaban J connectivity index is 1.72. The normalized spacial score (nSPS) is 36.9. The molecule has 1 aromatic rings. The van der Waals surface area contributed by atoms with Crippen molar-refractivity contribution < 1.29 is 13.2 Å². The Hall–Kier alpha value is -1.11. The molecule has 4 aliphatic rings. The van der Waals surface area contributed by atoms with Gasteiger partial charge in [-0.15, -0.1) is 0 Å². The van der Waals surface area contributed by atoms with Crippen LogP contribution in [0.25, 0.3) is 0 Å². The summed E-state index contributed by atoms with van der Waals surface area (Å²) in [6.45, 7) is 2.82. The molecule has 126 valence electrons. The van der Waals surface area contributed by atoms with E-state index in [0.29, 0.717) is 18.5 Å². The van der Waals surface area contributed by atoms with E-state index in [1.807, 2.05) is 12.1 Å². The predicted octanol–water partition coefficient (Wildman–Crippen LogP) is 1.52. The Morgan fingerprint density at radius 1 is 1.09 bits per heavy atom. The Morgan fingerprint density at radius 2 is 1.74 bits per heavy atom. The molecular weight excluding hydrogens is 312 g/mol. The van der Waals surface area contributed by atoms with Gasteiger partial charge in [-0.25, -0.2) is 8.42 Å². The van der Waals surface area contributed by atoms with Crippen molar-refractivity contribution >= 4 is 10.0 Å². The number of fused-ring (bicyclic) bond motifs is 2. The van der Waals surface area contributed by atoms with E-state index >= 15 is 0 Å². The number of sulfonamides is 1. The Morgan fingerprint density at radius 3 is 2.30 bits per heavy atom. The Kier molecular flexibility index (Phi) is 3.66. The molecule has 0 saturated carbocycles. The molecule has 2 bridgehead atoms. The van der Waals surface area contributed by atoms with Crippen molar-refractivity contribution in [2.45, 2.75) is 30.8 Å². The number of hydrogen-bond acceptors (Lipinski definition) is 4.